The van der Waals surface area contributed by atoms with Crippen LogP contribution in [0.3, 0.4) is 0 Å². The van der Waals surface area contributed by atoms with E-state index in [0.717, 1.165) is 18.2 Å². The quantitative estimate of drug-likeness (QED) is 0.680. The molecule has 0 aliphatic rings. The second-order valence-corrected chi connectivity index (χ2v) is 5.55. The van der Waals surface area contributed by atoms with E-state index >= 15 is 0 Å². The number of hydrogen-bond acceptors (Lipinski definition) is 4. The van der Waals surface area contributed by atoms with Crippen LogP contribution in [-0.2, 0) is 12.7 Å². The molecular formula is C17H11F5N4O. The number of amides is 1. The maximum absolute atomic E-state index is 13.3. The molecule has 0 spiro atoms. The summed E-state index contributed by atoms with van der Waals surface area (Å²) >= 11 is 0. The maximum atomic E-state index is 13.3. The van der Waals surface area contributed by atoms with Crippen LogP contribution in [0.2, 0.25) is 0 Å². The number of hydrogen-bond donors (Lipinski definition) is 2. The lowest BCUT2D eigenvalue weighted by Crippen LogP contribution is -2.26. The van der Waals surface area contributed by atoms with Crippen molar-refractivity contribution in [3.63, 3.8) is 0 Å². The number of nitrogens with one attached hydrogen (secondary N) is 1. The number of benzene rings is 2. The molecule has 0 saturated heterocycles. The van der Waals surface area contributed by atoms with Gasteiger partial charge in [-0.15, -0.1) is 0 Å². The molecule has 2 aromatic carbocycles. The standard InChI is InChI=1S/C17H11F5N4O/c18-10-5-12-13(6-11(10)19)26-15(23)14(25-12)16(27)24-7-8-3-1-2-4-9(8)17(20,21)22/h1-6H,7H2,(H2,23,26)(H,24,27). The molecule has 0 unspecified atom stereocenters. The van der Waals surface area contributed by atoms with E-state index < -0.39 is 41.5 Å². The first kappa shape index (κ1) is 18.5. The Morgan fingerprint density at radius 3 is 2.26 bits per heavy atom. The van der Waals surface area contributed by atoms with Crippen molar-refractivity contribution in [3.05, 3.63) is 64.9 Å². The Kier molecular flexibility index (Phi) is 4.64. The zero-order valence-corrected chi connectivity index (χ0v) is 13.4. The van der Waals surface area contributed by atoms with E-state index in [2.05, 4.69) is 15.3 Å². The van der Waals surface area contributed by atoms with Crippen molar-refractivity contribution in [1.29, 1.82) is 0 Å². The fourth-order valence-corrected chi connectivity index (χ4v) is 2.44. The molecule has 0 fully saturated rings. The van der Waals surface area contributed by atoms with Crippen LogP contribution in [0.4, 0.5) is 27.8 Å². The predicted molar refractivity (Wildman–Crippen MR) is 86.5 cm³/mol. The number of halogens is 5. The largest absolute Gasteiger partial charge is 0.416 e. The molecule has 140 valence electrons. The van der Waals surface area contributed by atoms with E-state index in [-0.39, 0.29) is 22.4 Å². The van der Waals surface area contributed by atoms with Crippen LogP contribution in [-0.4, -0.2) is 15.9 Å². The number of alkyl halides is 3. The number of rotatable bonds is 3. The molecule has 1 amide bonds. The van der Waals surface area contributed by atoms with Crippen LogP contribution in [0.25, 0.3) is 11.0 Å². The molecule has 0 saturated carbocycles. The number of nitrogens with two attached hydrogens (primary N) is 1. The van der Waals surface area contributed by atoms with Gasteiger partial charge in [0.15, 0.2) is 23.1 Å². The lowest BCUT2D eigenvalue weighted by Gasteiger charge is -2.13. The Hall–Kier alpha value is -3.30. The lowest BCUT2D eigenvalue weighted by molar-refractivity contribution is -0.138. The molecule has 3 N–H and O–H groups in total. The van der Waals surface area contributed by atoms with Gasteiger partial charge in [0.05, 0.1) is 16.6 Å². The van der Waals surface area contributed by atoms with Crippen LogP contribution < -0.4 is 11.1 Å². The van der Waals surface area contributed by atoms with Crippen molar-refractivity contribution in [3.8, 4) is 0 Å². The number of carbonyl (C=O) groups is 1. The van der Waals surface area contributed by atoms with Gasteiger partial charge in [-0.05, 0) is 11.6 Å². The smallest absolute Gasteiger partial charge is 0.382 e. The third-order valence-electron chi connectivity index (χ3n) is 3.71. The number of fused-ring (bicyclic) bond motifs is 1. The van der Waals surface area contributed by atoms with Crippen LogP contribution in [0.15, 0.2) is 36.4 Å². The van der Waals surface area contributed by atoms with E-state index in [0.29, 0.717) is 0 Å². The summed E-state index contributed by atoms with van der Waals surface area (Å²) in [6, 6.07) is 6.26. The summed E-state index contributed by atoms with van der Waals surface area (Å²) in [7, 11) is 0. The second-order valence-electron chi connectivity index (χ2n) is 5.55. The molecule has 1 heterocycles. The van der Waals surface area contributed by atoms with Crippen LogP contribution in [0.1, 0.15) is 21.6 Å². The number of aromatic nitrogens is 2. The van der Waals surface area contributed by atoms with Crippen molar-refractivity contribution in [2.45, 2.75) is 12.7 Å². The SMILES string of the molecule is Nc1nc2cc(F)c(F)cc2nc1C(=O)NCc1ccccc1C(F)(F)F. The summed E-state index contributed by atoms with van der Waals surface area (Å²) in [6.07, 6.45) is -4.58. The minimum absolute atomic E-state index is 0.0645. The van der Waals surface area contributed by atoms with Gasteiger partial charge in [0, 0.05) is 18.7 Å². The van der Waals surface area contributed by atoms with Crippen molar-refractivity contribution in [1.82, 2.24) is 15.3 Å². The zero-order chi connectivity index (χ0) is 19.8. The summed E-state index contributed by atoms with van der Waals surface area (Å²) in [5, 5.41) is 2.27. The molecular weight excluding hydrogens is 371 g/mol. The normalized spacial score (nSPS) is 11.6. The number of nitrogens with zero attached hydrogens (tertiary/aromatic N) is 2. The summed E-state index contributed by atoms with van der Waals surface area (Å²) in [5.74, 6) is -3.61. The Balaban J connectivity index is 1.87. The molecule has 0 bridgehead atoms. The van der Waals surface area contributed by atoms with Gasteiger partial charge in [-0.25, -0.2) is 18.7 Å². The highest BCUT2D eigenvalue weighted by atomic mass is 19.4. The van der Waals surface area contributed by atoms with Gasteiger partial charge in [0.25, 0.3) is 5.91 Å². The van der Waals surface area contributed by atoms with Crippen LogP contribution in [0.5, 0.6) is 0 Å². The molecule has 27 heavy (non-hydrogen) atoms. The highest BCUT2D eigenvalue weighted by molar-refractivity contribution is 5.98. The van der Waals surface area contributed by atoms with E-state index in [9.17, 15) is 26.7 Å². The van der Waals surface area contributed by atoms with Gasteiger partial charge in [-0.1, -0.05) is 18.2 Å². The van der Waals surface area contributed by atoms with Crippen molar-refractivity contribution in [2.24, 2.45) is 0 Å². The number of carbonyl (C=O) groups excluding carboxylic acids is 1. The fourth-order valence-electron chi connectivity index (χ4n) is 2.44. The molecule has 3 rings (SSSR count). The molecule has 3 aromatic rings. The van der Waals surface area contributed by atoms with E-state index in [1.807, 2.05) is 0 Å². The van der Waals surface area contributed by atoms with E-state index in [1.165, 1.54) is 18.2 Å². The highest BCUT2D eigenvalue weighted by Gasteiger charge is 2.32. The second kappa shape index (κ2) is 6.78. The van der Waals surface area contributed by atoms with Gasteiger partial charge in [0.1, 0.15) is 0 Å². The Morgan fingerprint density at radius 2 is 1.63 bits per heavy atom. The third kappa shape index (κ3) is 3.78. The highest BCUT2D eigenvalue weighted by Crippen LogP contribution is 2.31. The van der Waals surface area contributed by atoms with Gasteiger partial charge in [-0.2, -0.15) is 13.2 Å². The summed E-state index contributed by atoms with van der Waals surface area (Å²) in [4.78, 5) is 19.9. The van der Waals surface area contributed by atoms with Crippen molar-refractivity contribution < 1.29 is 26.7 Å². The summed E-state index contributed by atoms with van der Waals surface area (Å²) < 4.78 is 65.5. The summed E-state index contributed by atoms with van der Waals surface area (Å²) in [5.41, 5.74) is 3.98. The molecule has 5 nitrogen and oxygen atoms in total. The Morgan fingerprint density at radius 1 is 1.04 bits per heavy atom. The average Bonchev–Trinajstić information content (AvgIpc) is 2.60. The van der Waals surface area contributed by atoms with Crippen molar-refractivity contribution in [2.75, 3.05) is 5.73 Å². The minimum Gasteiger partial charge on any atom is -0.382 e. The average molecular weight is 382 g/mol. The lowest BCUT2D eigenvalue weighted by atomic mass is 10.1. The number of nitrogen functional groups attached to an aromatic ring is 1. The molecule has 0 aliphatic heterocycles. The minimum atomic E-state index is -4.58. The van der Waals surface area contributed by atoms with Gasteiger partial charge in [0.2, 0.25) is 0 Å². The van der Waals surface area contributed by atoms with E-state index in [4.69, 9.17) is 5.73 Å². The molecule has 0 radical (unpaired) electrons. The van der Waals surface area contributed by atoms with Crippen LogP contribution >= 0.6 is 0 Å². The third-order valence-corrected chi connectivity index (χ3v) is 3.71. The molecule has 10 heteroatoms. The Bertz CT molecular complexity index is 1040. The van der Waals surface area contributed by atoms with Crippen LogP contribution in [0, 0.1) is 11.6 Å². The van der Waals surface area contributed by atoms with Gasteiger partial charge < -0.3 is 11.1 Å². The molecule has 1 aromatic heterocycles. The molecule has 0 aliphatic carbocycles. The first-order chi connectivity index (χ1) is 12.7. The summed E-state index contributed by atoms with van der Waals surface area (Å²) in [6.45, 7) is -0.439. The predicted octanol–water partition coefficient (Wildman–Crippen LogP) is 3.44. The maximum Gasteiger partial charge on any atom is 0.416 e. The number of anilines is 1. The van der Waals surface area contributed by atoms with Gasteiger partial charge in [-0.3, -0.25) is 4.79 Å². The Labute approximate surface area is 149 Å². The van der Waals surface area contributed by atoms with E-state index in [1.54, 1.807) is 0 Å². The first-order valence-electron chi connectivity index (χ1n) is 7.52. The molecule has 0 atom stereocenters. The first-order valence-corrected chi connectivity index (χ1v) is 7.52. The monoisotopic (exact) mass is 382 g/mol. The topological polar surface area (TPSA) is 80.9 Å². The van der Waals surface area contributed by atoms with Crippen molar-refractivity contribution >= 4 is 22.8 Å². The zero-order valence-electron chi connectivity index (χ0n) is 13.4. The fraction of sp³-hybridized carbons (Fsp3) is 0.118. The van der Waals surface area contributed by atoms with Gasteiger partial charge >= 0.3 is 6.18 Å².